The fourth-order valence-electron chi connectivity index (χ4n) is 5.12. The second-order valence-corrected chi connectivity index (χ2v) is 8.82. The molecule has 3 aliphatic rings. The van der Waals surface area contributed by atoms with E-state index in [0.717, 1.165) is 37.5 Å². The normalized spacial score (nSPS) is 32.0. The molecule has 1 amide bonds. The Labute approximate surface area is 161 Å². The molecule has 1 aromatic heterocycles. The molecular weight excluding hydrogens is 365 g/mol. The number of likely N-dealkylation sites (tertiary alicyclic amines) is 1. The molecule has 3 fully saturated rings. The number of rotatable bonds is 5. The number of nitrogens with one attached hydrogen (secondary N) is 1. The molecule has 2 bridgehead atoms. The average Bonchev–Trinajstić information content (AvgIpc) is 3.42. The zero-order valence-corrected chi connectivity index (χ0v) is 15.8. The van der Waals surface area contributed by atoms with E-state index in [1.165, 1.54) is 24.3 Å². The summed E-state index contributed by atoms with van der Waals surface area (Å²) in [5.74, 6) is 0.305. The second kappa shape index (κ2) is 6.65. The first-order valence-corrected chi connectivity index (χ1v) is 10.3. The molecule has 0 saturated carbocycles. The Balaban J connectivity index is 1.24. The molecule has 27 heavy (non-hydrogen) atoms. The maximum Gasteiger partial charge on any atom is 0.251 e. The number of fused-ring (bicyclic) bond motifs is 1. The summed E-state index contributed by atoms with van der Waals surface area (Å²) in [4.78, 5) is 19.2. The minimum atomic E-state index is -0.332. The SMILES string of the molecule is O=C(NC[C@H]1[C@H]2CN(Cc3nccs3)C[C@]23CC[C@H]1O3)c1ccc(F)cc1. The number of carbonyl (C=O) groups is 1. The standard InChI is InChI=1S/C20H22FN3O2S/c21-14-3-1-13(2-4-14)19(25)23-9-15-16-10-24(11-18-22-7-8-27-18)12-20(16)6-5-17(15)26-20/h1-4,7-8,15-17H,5-6,9-12H2,(H,23,25)/t15-,16+,17+,20+/m0/s1. The Morgan fingerprint density at radius 3 is 3.04 bits per heavy atom. The molecular formula is C20H22FN3O2S. The number of carbonyl (C=O) groups excluding carboxylic acids is 1. The van der Waals surface area contributed by atoms with Gasteiger partial charge in [0.1, 0.15) is 10.8 Å². The maximum absolute atomic E-state index is 13.0. The number of benzene rings is 1. The molecule has 5 nitrogen and oxygen atoms in total. The van der Waals surface area contributed by atoms with Crippen LogP contribution >= 0.6 is 11.3 Å². The van der Waals surface area contributed by atoms with Crippen molar-refractivity contribution in [1.82, 2.24) is 15.2 Å². The van der Waals surface area contributed by atoms with Crippen LogP contribution in [0.25, 0.3) is 0 Å². The van der Waals surface area contributed by atoms with Crippen LogP contribution in [0.15, 0.2) is 35.8 Å². The van der Waals surface area contributed by atoms with Crippen molar-refractivity contribution in [3.63, 3.8) is 0 Å². The minimum absolute atomic E-state index is 0.0484. The van der Waals surface area contributed by atoms with E-state index in [1.807, 2.05) is 11.6 Å². The molecule has 7 heteroatoms. The lowest BCUT2D eigenvalue weighted by Gasteiger charge is -2.29. The number of halogens is 1. The van der Waals surface area contributed by atoms with Gasteiger partial charge in [-0.2, -0.15) is 0 Å². The van der Waals surface area contributed by atoms with Crippen LogP contribution in [-0.2, 0) is 11.3 Å². The molecule has 0 unspecified atom stereocenters. The number of hydrogen-bond donors (Lipinski definition) is 1. The van der Waals surface area contributed by atoms with Gasteiger partial charge in [-0.3, -0.25) is 9.69 Å². The van der Waals surface area contributed by atoms with Crippen LogP contribution in [-0.4, -0.2) is 47.1 Å². The van der Waals surface area contributed by atoms with Gasteiger partial charge in [-0.05, 0) is 37.1 Å². The summed E-state index contributed by atoms with van der Waals surface area (Å²) < 4.78 is 19.5. The van der Waals surface area contributed by atoms with Crippen molar-refractivity contribution in [1.29, 1.82) is 0 Å². The minimum Gasteiger partial charge on any atom is -0.370 e. The monoisotopic (exact) mass is 387 g/mol. The summed E-state index contributed by atoms with van der Waals surface area (Å²) in [6.45, 7) is 3.43. The largest absolute Gasteiger partial charge is 0.370 e. The third kappa shape index (κ3) is 3.07. The van der Waals surface area contributed by atoms with Crippen molar-refractivity contribution >= 4 is 17.2 Å². The third-order valence-electron chi connectivity index (χ3n) is 6.30. The van der Waals surface area contributed by atoms with Crippen molar-refractivity contribution in [2.45, 2.75) is 31.1 Å². The van der Waals surface area contributed by atoms with Crippen LogP contribution < -0.4 is 5.32 Å². The van der Waals surface area contributed by atoms with Gasteiger partial charge in [-0.1, -0.05) is 0 Å². The van der Waals surface area contributed by atoms with Crippen LogP contribution in [0.4, 0.5) is 4.39 Å². The molecule has 142 valence electrons. The number of thiazole rings is 1. The van der Waals surface area contributed by atoms with E-state index in [9.17, 15) is 9.18 Å². The molecule has 2 aromatic rings. The van der Waals surface area contributed by atoms with Gasteiger partial charge >= 0.3 is 0 Å². The van der Waals surface area contributed by atoms with E-state index in [0.29, 0.717) is 23.9 Å². The van der Waals surface area contributed by atoms with Crippen molar-refractivity contribution in [2.24, 2.45) is 11.8 Å². The van der Waals surface area contributed by atoms with Gasteiger partial charge in [-0.15, -0.1) is 11.3 Å². The zero-order chi connectivity index (χ0) is 18.4. The van der Waals surface area contributed by atoms with E-state index in [2.05, 4.69) is 15.2 Å². The average molecular weight is 387 g/mol. The van der Waals surface area contributed by atoms with E-state index >= 15 is 0 Å². The van der Waals surface area contributed by atoms with Gasteiger partial charge in [0.05, 0.1) is 18.2 Å². The maximum atomic E-state index is 13.0. The van der Waals surface area contributed by atoms with E-state index in [4.69, 9.17) is 4.74 Å². The quantitative estimate of drug-likeness (QED) is 0.857. The Kier molecular flexibility index (Phi) is 4.26. The summed E-state index contributed by atoms with van der Waals surface area (Å²) in [6.07, 6.45) is 4.27. The molecule has 4 atom stereocenters. The first-order valence-electron chi connectivity index (χ1n) is 9.45. The van der Waals surface area contributed by atoms with Gasteiger partial charge < -0.3 is 10.1 Å². The lowest BCUT2D eigenvalue weighted by molar-refractivity contribution is 0.00212. The fourth-order valence-corrected chi connectivity index (χ4v) is 5.77. The van der Waals surface area contributed by atoms with Gasteiger partial charge in [0.15, 0.2) is 0 Å². The Morgan fingerprint density at radius 2 is 2.26 bits per heavy atom. The Morgan fingerprint density at radius 1 is 1.41 bits per heavy atom. The molecule has 0 aliphatic carbocycles. The lowest BCUT2D eigenvalue weighted by atomic mass is 9.73. The van der Waals surface area contributed by atoms with Crippen LogP contribution in [0.5, 0.6) is 0 Å². The molecule has 1 spiro atoms. The predicted octanol–water partition coefficient (Wildman–Crippen LogP) is 2.69. The summed E-state index contributed by atoms with van der Waals surface area (Å²) in [7, 11) is 0. The number of hydrogen-bond acceptors (Lipinski definition) is 5. The van der Waals surface area contributed by atoms with E-state index < -0.39 is 0 Å². The van der Waals surface area contributed by atoms with Crippen molar-refractivity contribution in [2.75, 3.05) is 19.6 Å². The van der Waals surface area contributed by atoms with Gasteiger partial charge in [0.25, 0.3) is 5.91 Å². The molecule has 1 N–H and O–H groups in total. The molecule has 1 aromatic carbocycles. The molecule has 3 aliphatic heterocycles. The van der Waals surface area contributed by atoms with Crippen molar-refractivity contribution in [3.05, 3.63) is 52.2 Å². The number of aromatic nitrogens is 1. The van der Waals surface area contributed by atoms with Crippen molar-refractivity contribution < 1.29 is 13.9 Å². The predicted molar refractivity (Wildman–Crippen MR) is 99.9 cm³/mol. The summed E-state index contributed by atoms with van der Waals surface area (Å²) in [5, 5.41) is 6.20. The molecule has 3 saturated heterocycles. The Bertz CT molecular complexity index is 828. The van der Waals surface area contributed by atoms with E-state index in [1.54, 1.807) is 11.3 Å². The van der Waals surface area contributed by atoms with Crippen LogP contribution in [0.3, 0.4) is 0 Å². The summed E-state index contributed by atoms with van der Waals surface area (Å²) in [6, 6.07) is 5.68. The highest BCUT2D eigenvalue weighted by molar-refractivity contribution is 7.09. The van der Waals surface area contributed by atoms with Crippen LogP contribution in [0.2, 0.25) is 0 Å². The first kappa shape index (κ1) is 17.3. The van der Waals surface area contributed by atoms with Crippen molar-refractivity contribution in [3.8, 4) is 0 Å². The highest BCUT2D eigenvalue weighted by Gasteiger charge is 2.62. The fraction of sp³-hybridized carbons (Fsp3) is 0.500. The lowest BCUT2D eigenvalue weighted by Crippen LogP contribution is -2.41. The van der Waals surface area contributed by atoms with Gasteiger partial charge in [-0.25, -0.2) is 9.37 Å². The number of nitrogens with zero attached hydrogens (tertiary/aromatic N) is 2. The summed E-state index contributed by atoms with van der Waals surface area (Å²) >= 11 is 1.69. The van der Waals surface area contributed by atoms with Crippen LogP contribution in [0, 0.1) is 17.7 Å². The second-order valence-electron chi connectivity index (χ2n) is 7.84. The smallest absolute Gasteiger partial charge is 0.251 e. The molecule has 0 radical (unpaired) electrons. The van der Waals surface area contributed by atoms with Gasteiger partial charge in [0, 0.05) is 48.6 Å². The topological polar surface area (TPSA) is 54.5 Å². The number of ether oxygens (including phenoxy) is 1. The third-order valence-corrected chi connectivity index (χ3v) is 7.07. The van der Waals surface area contributed by atoms with Crippen LogP contribution in [0.1, 0.15) is 28.2 Å². The van der Waals surface area contributed by atoms with E-state index in [-0.39, 0.29) is 23.4 Å². The number of amides is 1. The molecule has 4 heterocycles. The zero-order valence-electron chi connectivity index (χ0n) is 14.9. The first-order chi connectivity index (χ1) is 13.1. The van der Waals surface area contributed by atoms with Gasteiger partial charge in [0.2, 0.25) is 0 Å². The Hall–Kier alpha value is -1.83. The highest BCUT2D eigenvalue weighted by atomic mass is 32.1. The summed E-state index contributed by atoms with van der Waals surface area (Å²) in [5.41, 5.74) is 0.444. The molecule has 5 rings (SSSR count). The highest BCUT2D eigenvalue weighted by Crippen LogP contribution is 2.54.